The summed E-state index contributed by atoms with van der Waals surface area (Å²) in [7, 11) is 0. The van der Waals surface area contributed by atoms with E-state index in [0.29, 0.717) is 6.54 Å². The van der Waals surface area contributed by atoms with Crippen LogP contribution in [-0.4, -0.2) is 60.9 Å². The molecule has 2 amide bonds. The third-order valence-corrected chi connectivity index (χ3v) is 7.52. The molecule has 2 aliphatic heterocycles. The number of hydrogen-bond acceptors (Lipinski definition) is 4. The molecule has 8 heteroatoms. The minimum absolute atomic E-state index is 0.0590. The maximum Gasteiger partial charge on any atom is 0.269 e. The summed E-state index contributed by atoms with van der Waals surface area (Å²) in [5, 5.41) is 10.8. The van der Waals surface area contributed by atoms with Gasteiger partial charge in [0.05, 0.1) is 29.8 Å². The minimum Gasteiger partial charge on any atom is -0.324 e. The standard InChI is InChI=1S/C22H26N4O4/c27-21-19-16-3-4-17(13-16)20(19)22(28)25(21)12-11-23-7-9-24(10-8-23)14-15-1-5-18(6-2-15)26(29)30/h1-6,16-17,19-20H,7-14H2/p+2/t16-,17-,19-,20+/m0/s1. The van der Waals surface area contributed by atoms with Crippen molar-refractivity contribution in [2.75, 3.05) is 39.3 Å². The number of fused-ring (bicyclic) bond motifs is 5. The van der Waals surface area contributed by atoms with E-state index in [1.807, 2.05) is 12.1 Å². The zero-order valence-electron chi connectivity index (χ0n) is 17.0. The predicted molar refractivity (Wildman–Crippen MR) is 107 cm³/mol. The third kappa shape index (κ3) is 3.33. The zero-order chi connectivity index (χ0) is 20.8. The molecule has 5 rings (SSSR count). The second-order valence-corrected chi connectivity index (χ2v) is 9.18. The van der Waals surface area contributed by atoms with Crippen molar-refractivity contribution in [2.24, 2.45) is 23.7 Å². The number of carbonyl (C=O) groups is 2. The van der Waals surface area contributed by atoms with Crippen LogP contribution >= 0.6 is 0 Å². The Morgan fingerprint density at radius 3 is 2.07 bits per heavy atom. The Morgan fingerprint density at radius 2 is 1.50 bits per heavy atom. The number of benzene rings is 1. The van der Waals surface area contributed by atoms with E-state index in [4.69, 9.17) is 0 Å². The summed E-state index contributed by atoms with van der Waals surface area (Å²) in [5.74, 6) is 0.490. The number of nitro benzene ring substituents is 1. The third-order valence-electron chi connectivity index (χ3n) is 7.52. The van der Waals surface area contributed by atoms with Gasteiger partial charge >= 0.3 is 0 Å². The second kappa shape index (κ2) is 7.59. The highest BCUT2D eigenvalue weighted by molar-refractivity contribution is 6.06. The van der Waals surface area contributed by atoms with Crippen LogP contribution in [0.4, 0.5) is 5.69 Å². The molecule has 2 bridgehead atoms. The smallest absolute Gasteiger partial charge is 0.269 e. The molecular formula is C22H28N4O4+2. The van der Waals surface area contributed by atoms with Gasteiger partial charge in [0.25, 0.3) is 5.69 Å². The minimum atomic E-state index is -0.372. The van der Waals surface area contributed by atoms with Crippen molar-refractivity contribution in [3.05, 3.63) is 52.1 Å². The van der Waals surface area contributed by atoms with Crippen molar-refractivity contribution in [1.82, 2.24) is 4.90 Å². The molecule has 2 saturated heterocycles. The Hall–Kier alpha value is -2.58. The number of hydrogen-bond donors (Lipinski definition) is 2. The molecule has 4 atom stereocenters. The van der Waals surface area contributed by atoms with E-state index in [-0.39, 0.29) is 46.1 Å². The Bertz CT molecular complexity index is 861. The first-order valence-electron chi connectivity index (χ1n) is 11.0. The molecule has 1 saturated carbocycles. The first-order chi connectivity index (χ1) is 14.5. The molecule has 4 aliphatic rings. The predicted octanol–water partition coefficient (Wildman–Crippen LogP) is -1.31. The van der Waals surface area contributed by atoms with Gasteiger partial charge in [-0.05, 0) is 30.4 Å². The number of likely N-dealkylation sites (tertiary alicyclic amines) is 1. The fourth-order valence-electron chi connectivity index (χ4n) is 5.86. The lowest BCUT2D eigenvalue weighted by molar-refractivity contribution is -1.02. The number of nitrogens with zero attached hydrogens (tertiary/aromatic N) is 2. The Kier molecular flexibility index (Phi) is 4.91. The summed E-state index contributed by atoms with van der Waals surface area (Å²) in [6, 6.07) is 6.82. The monoisotopic (exact) mass is 412 g/mol. The van der Waals surface area contributed by atoms with E-state index < -0.39 is 0 Å². The number of amides is 2. The zero-order valence-corrected chi connectivity index (χ0v) is 17.0. The van der Waals surface area contributed by atoms with Crippen LogP contribution in [0.5, 0.6) is 0 Å². The molecule has 2 N–H and O–H groups in total. The molecule has 0 aromatic heterocycles. The quantitative estimate of drug-likeness (QED) is 0.263. The van der Waals surface area contributed by atoms with Gasteiger partial charge in [-0.15, -0.1) is 0 Å². The normalized spacial score (nSPS) is 34.6. The van der Waals surface area contributed by atoms with Crippen LogP contribution in [0.25, 0.3) is 0 Å². The fraction of sp³-hybridized carbons (Fsp3) is 0.545. The van der Waals surface area contributed by atoms with Crippen molar-refractivity contribution in [1.29, 1.82) is 0 Å². The molecule has 1 aromatic rings. The van der Waals surface area contributed by atoms with Gasteiger partial charge in [0, 0.05) is 17.7 Å². The molecule has 158 valence electrons. The molecule has 8 nitrogen and oxygen atoms in total. The molecular weight excluding hydrogens is 384 g/mol. The summed E-state index contributed by atoms with van der Waals surface area (Å²) in [5.41, 5.74) is 1.24. The van der Waals surface area contributed by atoms with Gasteiger partial charge in [-0.3, -0.25) is 24.6 Å². The lowest BCUT2D eigenvalue weighted by Crippen LogP contribution is -3.27. The maximum absolute atomic E-state index is 12.8. The Morgan fingerprint density at radius 1 is 0.933 bits per heavy atom. The lowest BCUT2D eigenvalue weighted by Gasteiger charge is -2.30. The molecule has 1 aromatic carbocycles. The van der Waals surface area contributed by atoms with E-state index in [0.717, 1.165) is 51.3 Å². The number of imide groups is 1. The van der Waals surface area contributed by atoms with E-state index in [1.54, 1.807) is 17.0 Å². The van der Waals surface area contributed by atoms with Crippen molar-refractivity contribution in [3.63, 3.8) is 0 Å². The average molecular weight is 412 g/mol. The van der Waals surface area contributed by atoms with Crippen molar-refractivity contribution in [2.45, 2.75) is 13.0 Å². The molecule has 30 heavy (non-hydrogen) atoms. The van der Waals surface area contributed by atoms with Gasteiger partial charge in [0.1, 0.15) is 32.7 Å². The molecule has 2 heterocycles. The highest BCUT2D eigenvalue weighted by Crippen LogP contribution is 2.52. The van der Waals surface area contributed by atoms with Crippen LogP contribution in [0, 0.1) is 33.8 Å². The van der Waals surface area contributed by atoms with Gasteiger partial charge in [-0.25, -0.2) is 0 Å². The molecule has 2 aliphatic carbocycles. The van der Waals surface area contributed by atoms with Gasteiger partial charge in [-0.1, -0.05) is 12.2 Å². The largest absolute Gasteiger partial charge is 0.324 e. The van der Waals surface area contributed by atoms with E-state index in [9.17, 15) is 19.7 Å². The molecule has 0 radical (unpaired) electrons. The fourth-order valence-corrected chi connectivity index (χ4v) is 5.86. The summed E-state index contributed by atoms with van der Waals surface area (Å²) in [6.45, 7) is 6.30. The highest BCUT2D eigenvalue weighted by atomic mass is 16.6. The number of rotatable bonds is 6. The Labute approximate surface area is 175 Å². The van der Waals surface area contributed by atoms with Crippen LogP contribution in [0.2, 0.25) is 0 Å². The number of nitro groups is 1. The molecule has 0 spiro atoms. The first-order valence-corrected chi connectivity index (χ1v) is 11.0. The van der Waals surface area contributed by atoms with Crippen LogP contribution in [0.1, 0.15) is 12.0 Å². The molecule has 0 unspecified atom stereocenters. The number of carbonyl (C=O) groups excluding carboxylic acids is 2. The van der Waals surface area contributed by atoms with Crippen molar-refractivity contribution >= 4 is 17.5 Å². The van der Waals surface area contributed by atoms with Crippen LogP contribution in [0.15, 0.2) is 36.4 Å². The van der Waals surface area contributed by atoms with Gasteiger partial charge in [-0.2, -0.15) is 0 Å². The van der Waals surface area contributed by atoms with Crippen molar-refractivity contribution in [3.8, 4) is 0 Å². The Balaban J connectivity index is 1.09. The number of non-ortho nitro benzene ring substituents is 1. The first kappa shape index (κ1) is 19.4. The van der Waals surface area contributed by atoms with Gasteiger partial charge in [0.2, 0.25) is 11.8 Å². The topological polar surface area (TPSA) is 89.4 Å². The lowest BCUT2D eigenvalue weighted by atomic mass is 9.85. The average Bonchev–Trinajstić information content (AvgIpc) is 3.42. The van der Waals surface area contributed by atoms with E-state index in [2.05, 4.69) is 12.2 Å². The van der Waals surface area contributed by atoms with E-state index >= 15 is 0 Å². The second-order valence-electron chi connectivity index (χ2n) is 9.18. The summed E-state index contributed by atoms with van der Waals surface area (Å²) in [4.78, 5) is 40.5. The number of allylic oxidation sites excluding steroid dienone is 2. The summed E-state index contributed by atoms with van der Waals surface area (Å²) >= 11 is 0. The van der Waals surface area contributed by atoms with Crippen LogP contribution < -0.4 is 9.80 Å². The highest BCUT2D eigenvalue weighted by Gasteiger charge is 2.59. The number of nitrogens with one attached hydrogen (secondary N) is 2. The maximum atomic E-state index is 12.8. The van der Waals surface area contributed by atoms with Gasteiger partial charge in [0.15, 0.2) is 0 Å². The van der Waals surface area contributed by atoms with Crippen LogP contribution in [0.3, 0.4) is 0 Å². The SMILES string of the molecule is O=C1[C@@H]2[C@H](C(=O)N1CC[NH+]1CC[NH+](Cc3ccc([N+](=O)[O-])cc3)CC1)[C@H]1C=C[C@H]2C1. The number of piperazine rings is 1. The number of quaternary nitrogens is 2. The summed E-state index contributed by atoms with van der Waals surface area (Å²) < 4.78 is 0. The van der Waals surface area contributed by atoms with Gasteiger partial charge < -0.3 is 9.80 Å². The summed E-state index contributed by atoms with van der Waals surface area (Å²) in [6.07, 6.45) is 5.25. The van der Waals surface area contributed by atoms with Crippen molar-refractivity contribution < 1.29 is 24.3 Å². The molecule has 3 fully saturated rings. The van der Waals surface area contributed by atoms with E-state index in [1.165, 1.54) is 9.80 Å². The van der Waals surface area contributed by atoms with Crippen LogP contribution in [-0.2, 0) is 16.1 Å².